The number of aliphatic hydroxyl groups excluding tert-OH is 1. The second-order valence-corrected chi connectivity index (χ2v) is 5.57. The molecular formula is C15H20F2N2O3. The molecule has 122 valence electrons. The van der Waals surface area contributed by atoms with Gasteiger partial charge in [0.25, 0.3) is 0 Å². The Morgan fingerprint density at radius 3 is 2.86 bits per heavy atom. The highest BCUT2D eigenvalue weighted by Gasteiger charge is 2.33. The lowest BCUT2D eigenvalue weighted by molar-refractivity contribution is 0.0980. The van der Waals surface area contributed by atoms with Crippen molar-refractivity contribution in [1.82, 2.24) is 9.80 Å². The summed E-state index contributed by atoms with van der Waals surface area (Å²) in [6.07, 6.45) is -0.757. The van der Waals surface area contributed by atoms with Crippen molar-refractivity contribution in [3.05, 3.63) is 35.4 Å². The van der Waals surface area contributed by atoms with Gasteiger partial charge in [0.15, 0.2) is 0 Å². The standard InChI is InChI=1S/C15H20F2N2O3/c1-18(2)15(21)22-6-5-19-9-11(20)8-14(19)12-7-10(16)3-4-13(12)17/h3-4,7,11,14,20H,5-6,8-9H2,1-2H3/t11-,14+/m0/s1. The molecule has 0 unspecified atom stereocenters. The first-order valence-corrected chi connectivity index (χ1v) is 7.09. The molecule has 1 aromatic rings. The number of hydrogen-bond acceptors (Lipinski definition) is 4. The van der Waals surface area contributed by atoms with Crippen LogP contribution in [0.3, 0.4) is 0 Å². The quantitative estimate of drug-likeness (QED) is 0.920. The molecule has 1 N–H and O–H groups in total. The molecule has 0 aromatic heterocycles. The molecule has 1 aliphatic rings. The van der Waals surface area contributed by atoms with Crippen LogP contribution in [0.15, 0.2) is 18.2 Å². The zero-order valence-electron chi connectivity index (χ0n) is 12.6. The molecule has 1 aromatic carbocycles. The van der Waals surface area contributed by atoms with E-state index in [-0.39, 0.29) is 12.2 Å². The predicted molar refractivity (Wildman–Crippen MR) is 76.3 cm³/mol. The van der Waals surface area contributed by atoms with Gasteiger partial charge in [-0.15, -0.1) is 0 Å². The van der Waals surface area contributed by atoms with E-state index in [4.69, 9.17) is 4.74 Å². The van der Waals surface area contributed by atoms with Crippen molar-refractivity contribution in [3.63, 3.8) is 0 Å². The number of ether oxygens (including phenoxy) is 1. The van der Waals surface area contributed by atoms with Crippen molar-refractivity contribution in [3.8, 4) is 0 Å². The molecule has 0 radical (unpaired) electrons. The summed E-state index contributed by atoms with van der Waals surface area (Å²) < 4.78 is 32.3. The summed E-state index contributed by atoms with van der Waals surface area (Å²) in [4.78, 5) is 14.5. The van der Waals surface area contributed by atoms with E-state index < -0.39 is 29.9 Å². The second-order valence-electron chi connectivity index (χ2n) is 5.57. The third-order valence-corrected chi connectivity index (χ3v) is 3.67. The molecule has 2 rings (SSSR count). The van der Waals surface area contributed by atoms with Gasteiger partial charge in [-0.25, -0.2) is 13.6 Å². The Bertz CT molecular complexity index is 540. The van der Waals surface area contributed by atoms with E-state index in [1.807, 2.05) is 0 Å². The zero-order chi connectivity index (χ0) is 16.3. The van der Waals surface area contributed by atoms with E-state index in [2.05, 4.69) is 0 Å². The lowest BCUT2D eigenvalue weighted by atomic mass is 10.0. The van der Waals surface area contributed by atoms with E-state index in [9.17, 15) is 18.7 Å². The Kier molecular flexibility index (Phi) is 5.31. The number of nitrogens with zero attached hydrogens (tertiary/aromatic N) is 2. The van der Waals surface area contributed by atoms with Crippen molar-refractivity contribution in [2.75, 3.05) is 33.8 Å². The number of carbonyl (C=O) groups is 1. The fraction of sp³-hybridized carbons (Fsp3) is 0.533. The van der Waals surface area contributed by atoms with Gasteiger partial charge in [-0.3, -0.25) is 4.90 Å². The molecule has 7 heteroatoms. The SMILES string of the molecule is CN(C)C(=O)OCCN1C[C@@H](O)C[C@@H]1c1cc(F)ccc1F. The minimum absolute atomic E-state index is 0.122. The van der Waals surface area contributed by atoms with Gasteiger partial charge in [-0.2, -0.15) is 0 Å². The number of aliphatic hydroxyl groups is 1. The van der Waals surface area contributed by atoms with Gasteiger partial charge in [0.2, 0.25) is 0 Å². The van der Waals surface area contributed by atoms with Gasteiger partial charge >= 0.3 is 6.09 Å². The average molecular weight is 314 g/mol. The molecule has 0 saturated carbocycles. The van der Waals surface area contributed by atoms with Gasteiger partial charge in [0, 0.05) is 38.8 Å². The number of carbonyl (C=O) groups excluding carboxylic acids is 1. The first-order chi connectivity index (χ1) is 10.4. The minimum atomic E-state index is -0.614. The van der Waals surface area contributed by atoms with Crippen LogP contribution in [-0.2, 0) is 4.74 Å². The molecule has 2 atom stereocenters. The Balaban J connectivity index is 2.03. The summed E-state index contributed by atoms with van der Waals surface area (Å²) in [6.45, 7) is 0.800. The maximum atomic E-state index is 13.9. The third-order valence-electron chi connectivity index (χ3n) is 3.67. The average Bonchev–Trinajstić information content (AvgIpc) is 2.82. The van der Waals surface area contributed by atoms with E-state index >= 15 is 0 Å². The molecule has 1 amide bonds. The van der Waals surface area contributed by atoms with Crippen molar-refractivity contribution >= 4 is 6.09 Å². The molecule has 1 saturated heterocycles. The van der Waals surface area contributed by atoms with Crippen LogP contribution >= 0.6 is 0 Å². The fourth-order valence-corrected chi connectivity index (χ4v) is 2.60. The Morgan fingerprint density at radius 1 is 1.45 bits per heavy atom. The molecule has 1 heterocycles. The van der Waals surface area contributed by atoms with Crippen LogP contribution in [0.25, 0.3) is 0 Å². The Morgan fingerprint density at radius 2 is 2.18 bits per heavy atom. The number of likely N-dealkylation sites (tertiary alicyclic amines) is 1. The number of halogens is 2. The van der Waals surface area contributed by atoms with Crippen molar-refractivity contribution in [2.45, 2.75) is 18.6 Å². The van der Waals surface area contributed by atoms with E-state index in [1.54, 1.807) is 19.0 Å². The van der Waals surface area contributed by atoms with Gasteiger partial charge < -0.3 is 14.7 Å². The normalized spacial score (nSPS) is 21.9. The van der Waals surface area contributed by atoms with E-state index in [0.29, 0.717) is 19.5 Å². The van der Waals surface area contributed by atoms with Crippen LogP contribution in [0.5, 0.6) is 0 Å². The Hall–Kier alpha value is -1.73. The highest BCUT2D eigenvalue weighted by Crippen LogP contribution is 2.33. The molecule has 0 spiro atoms. The Labute approximate surface area is 128 Å². The zero-order valence-corrected chi connectivity index (χ0v) is 12.6. The van der Waals surface area contributed by atoms with Crippen LogP contribution in [0.4, 0.5) is 13.6 Å². The number of rotatable bonds is 4. The third kappa shape index (κ3) is 3.92. The summed E-state index contributed by atoms with van der Waals surface area (Å²) in [5.74, 6) is -1.02. The maximum Gasteiger partial charge on any atom is 0.409 e. The smallest absolute Gasteiger partial charge is 0.409 e. The maximum absolute atomic E-state index is 13.9. The number of β-amino-alcohol motifs (C(OH)–C–C–N with tert-alkyl or cyclic N) is 1. The van der Waals surface area contributed by atoms with E-state index in [0.717, 1.165) is 18.2 Å². The highest BCUT2D eigenvalue weighted by molar-refractivity contribution is 5.66. The van der Waals surface area contributed by atoms with Crippen LogP contribution in [-0.4, -0.2) is 60.9 Å². The topological polar surface area (TPSA) is 53.0 Å². The molecule has 5 nitrogen and oxygen atoms in total. The predicted octanol–water partition coefficient (Wildman–Crippen LogP) is 1.77. The first-order valence-electron chi connectivity index (χ1n) is 7.09. The summed E-state index contributed by atoms with van der Waals surface area (Å²) in [6, 6.07) is 2.87. The van der Waals surface area contributed by atoms with Crippen molar-refractivity contribution in [2.24, 2.45) is 0 Å². The fourth-order valence-electron chi connectivity index (χ4n) is 2.60. The molecule has 22 heavy (non-hydrogen) atoms. The summed E-state index contributed by atoms with van der Waals surface area (Å²) in [7, 11) is 3.15. The van der Waals surface area contributed by atoms with Crippen LogP contribution < -0.4 is 0 Å². The lowest BCUT2D eigenvalue weighted by Crippen LogP contribution is -2.31. The molecule has 0 aliphatic carbocycles. The summed E-state index contributed by atoms with van der Waals surface area (Å²) >= 11 is 0. The monoisotopic (exact) mass is 314 g/mol. The van der Waals surface area contributed by atoms with Gasteiger partial charge in [-0.05, 0) is 24.6 Å². The first kappa shape index (κ1) is 16.6. The van der Waals surface area contributed by atoms with Gasteiger partial charge in [0.05, 0.1) is 6.10 Å². The summed E-state index contributed by atoms with van der Waals surface area (Å²) in [5.41, 5.74) is 0.218. The molecular weight excluding hydrogens is 294 g/mol. The minimum Gasteiger partial charge on any atom is -0.448 e. The largest absolute Gasteiger partial charge is 0.448 e. The summed E-state index contributed by atoms with van der Waals surface area (Å²) in [5, 5.41) is 9.81. The molecule has 1 fully saturated rings. The number of hydrogen-bond donors (Lipinski definition) is 1. The van der Waals surface area contributed by atoms with Gasteiger partial charge in [-0.1, -0.05) is 0 Å². The lowest BCUT2D eigenvalue weighted by Gasteiger charge is -2.24. The second kappa shape index (κ2) is 7.02. The van der Waals surface area contributed by atoms with Crippen LogP contribution in [0.2, 0.25) is 0 Å². The molecule has 0 bridgehead atoms. The van der Waals surface area contributed by atoms with Crippen molar-refractivity contribution < 1.29 is 23.4 Å². The van der Waals surface area contributed by atoms with Crippen LogP contribution in [0, 0.1) is 11.6 Å². The van der Waals surface area contributed by atoms with Gasteiger partial charge in [0.1, 0.15) is 18.2 Å². The van der Waals surface area contributed by atoms with Crippen LogP contribution in [0.1, 0.15) is 18.0 Å². The number of benzene rings is 1. The van der Waals surface area contributed by atoms with Crippen molar-refractivity contribution in [1.29, 1.82) is 0 Å². The van der Waals surface area contributed by atoms with E-state index in [1.165, 1.54) is 4.90 Å². The highest BCUT2D eigenvalue weighted by atomic mass is 19.1. The molecule has 1 aliphatic heterocycles. The number of amides is 1.